The first kappa shape index (κ1) is 21.6. The number of nitrogens with zero attached hydrogens (tertiary/aromatic N) is 4. The molecule has 5 heterocycles. The molecule has 1 amide bonds. The molecule has 0 spiro atoms. The highest BCUT2D eigenvalue weighted by Crippen LogP contribution is 2.29. The van der Waals surface area contributed by atoms with E-state index < -0.39 is 0 Å². The van der Waals surface area contributed by atoms with Gasteiger partial charge < -0.3 is 15.0 Å². The quantitative estimate of drug-likeness (QED) is 0.473. The Labute approximate surface area is 192 Å². The molecule has 1 fully saturated rings. The Morgan fingerprint density at radius 3 is 3.09 bits per heavy atom. The van der Waals surface area contributed by atoms with Gasteiger partial charge in [-0.25, -0.2) is 9.50 Å². The van der Waals surface area contributed by atoms with Crippen LogP contribution < -0.4 is 5.32 Å². The van der Waals surface area contributed by atoms with Crippen molar-refractivity contribution in [1.82, 2.24) is 29.8 Å². The number of pyridine rings is 2. The van der Waals surface area contributed by atoms with Crippen LogP contribution in [-0.2, 0) is 4.74 Å². The van der Waals surface area contributed by atoms with Crippen LogP contribution in [0.25, 0.3) is 27.7 Å². The first-order chi connectivity index (χ1) is 16.1. The van der Waals surface area contributed by atoms with Gasteiger partial charge in [-0.1, -0.05) is 0 Å². The van der Waals surface area contributed by atoms with Crippen LogP contribution in [0.3, 0.4) is 0 Å². The summed E-state index contributed by atoms with van der Waals surface area (Å²) in [5, 5.41) is 8.73. The second kappa shape index (κ2) is 9.33. The normalized spacial score (nSPS) is 19.7. The summed E-state index contributed by atoms with van der Waals surface area (Å²) >= 11 is 0. The van der Waals surface area contributed by atoms with E-state index in [0.29, 0.717) is 11.6 Å². The highest BCUT2D eigenvalue weighted by Gasteiger charge is 2.24. The lowest BCUT2D eigenvalue weighted by Crippen LogP contribution is -2.37. The third kappa shape index (κ3) is 4.36. The first-order valence-electron chi connectivity index (χ1n) is 11.6. The number of hydrogen-bond donors (Lipinski definition) is 2. The Bertz CT molecular complexity index is 1260. The average molecular weight is 447 g/mol. The number of carbonyl (C=O) groups is 1. The number of aromatic amines is 1. The molecule has 1 saturated heterocycles. The van der Waals surface area contributed by atoms with Crippen molar-refractivity contribution < 1.29 is 9.53 Å². The van der Waals surface area contributed by atoms with E-state index in [0.717, 1.165) is 66.6 Å². The van der Waals surface area contributed by atoms with Crippen LogP contribution in [0.15, 0.2) is 49.1 Å². The lowest BCUT2D eigenvalue weighted by Gasteiger charge is -2.26. The number of fused-ring (bicyclic) bond motifs is 2. The smallest absolute Gasteiger partial charge is 0.255 e. The summed E-state index contributed by atoms with van der Waals surface area (Å²) in [6.45, 7) is 4.88. The molecule has 0 aliphatic carbocycles. The van der Waals surface area contributed by atoms with Crippen molar-refractivity contribution in [1.29, 1.82) is 0 Å². The Morgan fingerprint density at radius 2 is 2.21 bits per heavy atom. The molecule has 172 valence electrons. The minimum atomic E-state index is -0.0641. The predicted octanol–water partition coefficient (Wildman–Crippen LogP) is 3.50. The van der Waals surface area contributed by atoms with Crippen molar-refractivity contribution in [2.45, 2.75) is 38.3 Å². The van der Waals surface area contributed by atoms with E-state index in [1.165, 1.54) is 0 Å². The summed E-state index contributed by atoms with van der Waals surface area (Å²) in [4.78, 5) is 23.3. The number of carbonyl (C=O) groups excluding carboxylic acids is 1. The summed E-state index contributed by atoms with van der Waals surface area (Å²) in [5.74, 6) is -0.0641. The summed E-state index contributed by atoms with van der Waals surface area (Å²) in [6, 6.07) is 8.67. The highest BCUT2D eigenvalue weighted by molar-refractivity contribution is 6.02. The maximum absolute atomic E-state index is 13.2. The fourth-order valence-electron chi connectivity index (χ4n) is 4.78. The zero-order valence-electron chi connectivity index (χ0n) is 19.1. The van der Waals surface area contributed by atoms with Crippen LogP contribution in [0.5, 0.6) is 0 Å². The number of ether oxygens (including phenoxy) is 1. The van der Waals surface area contributed by atoms with E-state index in [2.05, 4.69) is 32.2 Å². The Balaban J connectivity index is 1.35. The van der Waals surface area contributed by atoms with E-state index in [4.69, 9.17) is 4.74 Å². The molecule has 33 heavy (non-hydrogen) atoms. The number of likely N-dealkylation sites (tertiary alicyclic amines) is 1. The van der Waals surface area contributed by atoms with Crippen LogP contribution in [0.4, 0.5) is 0 Å². The van der Waals surface area contributed by atoms with Crippen LogP contribution >= 0.6 is 0 Å². The summed E-state index contributed by atoms with van der Waals surface area (Å²) in [7, 11) is 1.74. The number of amides is 1. The van der Waals surface area contributed by atoms with E-state index in [1.54, 1.807) is 24.0 Å². The fraction of sp³-hybridized carbons (Fsp3) is 0.400. The maximum atomic E-state index is 13.2. The zero-order valence-corrected chi connectivity index (χ0v) is 19.1. The molecule has 2 N–H and O–H groups in total. The molecule has 2 atom stereocenters. The Kier molecular flexibility index (Phi) is 6.11. The topological polar surface area (TPSA) is 87.5 Å². The number of methoxy groups -OCH3 is 1. The maximum Gasteiger partial charge on any atom is 0.255 e. The number of hydrogen-bond acceptors (Lipinski definition) is 5. The van der Waals surface area contributed by atoms with E-state index >= 15 is 0 Å². The monoisotopic (exact) mass is 446 g/mol. The third-order valence-electron chi connectivity index (χ3n) is 6.77. The first-order valence-corrected chi connectivity index (χ1v) is 11.6. The van der Waals surface area contributed by atoms with Gasteiger partial charge in [0.05, 0.1) is 23.9 Å². The van der Waals surface area contributed by atoms with Gasteiger partial charge in [-0.05, 0) is 56.0 Å². The summed E-state index contributed by atoms with van der Waals surface area (Å²) < 4.78 is 7.01. The molecule has 1 aliphatic heterocycles. The van der Waals surface area contributed by atoms with Crippen molar-refractivity contribution in [2.24, 2.45) is 0 Å². The molecular formula is C25H30N6O2. The van der Waals surface area contributed by atoms with Crippen LogP contribution in [-0.4, -0.2) is 69.3 Å². The number of H-pyrrole nitrogens is 1. The molecule has 0 bridgehead atoms. The molecule has 8 heteroatoms. The van der Waals surface area contributed by atoms with Gasteiger partial charge in [0.15, 0.2) is 0 Å². The standard InChI is InChI=1S/C25H30N6O2/c1-17-5-6-19(8-10-30(17)12-13-33-2)29-25(32)22-16-28-31-11-7-18(14-23(22)31)21-15-27-24-20(21)4-3-9-26-24/h3-4,7,9,11,14-17,19H,5-6,8,10,12-13H2,1-2H3,(H,26,27)(H,29,32)/t17-,19?/m0/s1. The molecule has 1 unspecified atom stereocenters. The van der Waals surface area contributed by atoms with Gasteiger partial charge in [-0.15, -0.1) is 0 Å². The second-order valence-corrected chi connectivity index (χ2v) is 8.82. The van der Waals surface area contributed by atoms with E-state index in [-0.39, 0.29) is 11.9 Å². The second-order valence-electron chi connectivity index (χ2n) is 8.82. The van der Waals surface area contributed by atoms with Gasteiger partial charge in [0.25, 0.3) is 5.91 Å². The molecule has 0 aromatic carbocycles. The molecule has 1 aliphatic rings. The predicted molar refractivity (Wildman–Crippen MR) is 128 cm³/mol. The lowest BCUT2D eigenvalue weighted by atomic mass is 10.1. The van der Waals surface area contributed by atoms with Crippen molar-refractivity contribution in [3.05, 3.63) is 54.6 Å². The lowest BCUT2D eigenvalue weighted by molar-refractivity contribution is 0.0934. The van der Waals surface area contributed by atoms with Gasteiger partial charge in [-0.2, -0.15) is 5.10 Å². The van der Waals surface area contributed by atoms with E-state index in [9.17, 15) is 4.79 Å². The van der Waals surface area contributed by atoms with Crippen molar-refractivity contribution in [2.75, 3.05) is 26.8 Å². The molecule has 4 aromatic rings. The summed E-state index contributed by atoms with van der Waals surface area (Å²) in [6.07, 6.45) is 10.3. The largest absolute Gasteiger partial charge is 0.383 e. The molecule has 0 saturated carbocycles. The summed E-state index contributed by atoms with van der Waals surface area (Å²) in [5.41, 5.74) is 4.33. The fourth-order valence-corrected chi connectivity index (χ4v) is 4.78. The minimum absolute atomic E-state index is 0.0641. The third-order valence-corrected chi connectivity index (χ3v) is 6.77. The molecule has 5 rings (SSSR count). The molecule has 8 nitrogen and oxygen atoms in total. The Hall–Kier alpha value is -3.23. The number of aromatic nitrogens is 4. The SMILES string of the molecule is COCCN1CCC(NC(=O)c2cnn3ccc(-c4c[nH]c5ncccc45)cc23)CC[C@@H]1C. The Morgan fingerprint density at radius 1 is 1.30 bits per heavy atom. The van der Waals surface area contributed by atoms with Crippen molar-refractivity contribution in [3.8, 4) is 11.1 Å². The highest BCUT2D eigenvalue weighted by atomic mass is 16.5. The van der Waals surface area contributed by atoms with Gasteiger partial charge in [0, 0.05) is 61.8 Å². The van der Waals surface area contributed by atoms with Crippen molar-refractivity contribution >= 4 is 22.5 Å². The molecule has 0 radical (unpaired) electrons. The van der Waals surface area contributed by atoms with Gasteiger partial charge in [0.1, 0.15) is 5.65 Å². The van der Waals surface area contributed by atoms with Crippen LogP contribution in [0, 0.1) is 0 Å². The van der Waals surface area contributed by atoms with Gasteiger partial charge in [0.2, 0.25) is 0 Å². The minimum Gasteiger partial charge on any atom is -0.383 e. The van der Waals surface area contributed by atoms with Gasteiger partial charge >= 0.3 is 0 Å². The number of rotatable bonds is 6. The average Bonchev–Trinajstić information content (AvgIpc) is 3.41. The zero-order chi connectivity index (χ0) is 22.8. The van der Waals surface area contributed by atoms with Gasteiger partial charge in [-0.3, -0.25) is 9.69 Å². The van der Waals surface area contributed by atoms with Crippen LogP contribution in [0.2, 0.25) is 0 Å². The number of nitrogens with one attached hydrogen (secondary N) is 2. The molecular weight excluding hydrogens is 416 g/mol. The van der Waals surface area contributed by atoms with Crippen molar-refractivity contribution in [3.63, 3.8) is 0 Å². The van der Waals surface area contributed by atoms with E-state index in [1.807, 2.05) is 36.7 Å². The van der Waals surface area contributed by atoms with Crippen LogP contribution in [0.1, 0.15) is 36.5 Å². The molecule has 4 aromatic heterocycles.